The molecule has 0 aliphatic carbocycles. The Morgan fingerprint density at radius 1 is 1.58 bits per heavy atom. The fourth-order valence-electron chi connectivity index (χ4n) is 1.16. The number of aromatic hydroxyl groups is 1. The van der Waals surface area contributed by atoms with Crippen LogP contribution in [-0.4, -0.2) is 19.7 Å². The smallest absolute Gasteiger partial charge is 0.239 e. The van der Waals surface area contributed by atoms with Gasteiger partial charge in [0.2, 0.25) is 11.8 Å². The zero-order valence-corrected chi connectivity index (χ0v) is 6.32. The van der Waals surface area contributed by atoms with Crippen LogP contribution in [-0.2, 0) is 0 Å². The van der Waals surface area contributed by atoms with Crippen LogP contribution in [0.4, 0.5) is 4.39 Å². The Kier molecular flexibility index (Phi) is 1.27. The molecule has 2 aromatic heterocycles. The van der Waals surface area contributed by atoms with Gasteiger partial charge in [0.05, 0.1) is 0 Å². The lowest BCUT2D eigenvalue weighted by atomic mass is 10.3. The fourth-order valence-corrected chi connectivity index (χ4v) is 1.16. The Balaban J connectivity index is 2.99. The molecule has 2 heterocycles. The maximum Gasteiger partial charge on any atom is 0.239 e. The molecule has 0 aliphatic heterocycles. The number of nitrogens with zero attached hydrogens (tertiary/aromatic N) is 3. The molecule has 0 atom stereocenters. The van der Waals surface area contributed by atoms with E-state index < -0.39 is 5.95 Å². The molecule has 62 valence electrons. The standard InChI is InChI=1S/C7H6FN3O/c1-4-2-5(8)11-6(4)7(12)9-3-10-11/h2-3H,1H3,(H,9,10,12). The number of rotatable bonds is 0. The summed E-state index contributed by atoms with van der Waals surface area (Å²) in [5, 5.41) is 12.9. The summed E-state index contributed by atoms with van der Waals surface area (Å²) in [6, 6.07) is 1.30. The molecule has 0 aromatic carbocycles. The van der Waals surface area contributed by atoms with Crippen LogP contribution in [0.5, 0.6) is 5.88 Å². The van der Waals surface area contributed by atoms with Gasteiger partial charge in [-0.1, -0.05) is 0 Å². The predicted molar refractivity (Wildman–Crippen MR) is 39.3 cm³/mol. The molecule has 0 radical (unpaired) electrons. The van der Waals surface area contributed by atoms with E-state index in [9.17, 15) is 9.50 Å². The zero-order valence-electron chi connectivity index (χ0n) is 6.32. The number of hydrogen-bond acceptors (Lipinski definition) is 3. The molecule has 0 aliphatic rings. The minimum atomic E-state index is -0.500. The van der Waals surface area contributed by atoms with E-state index in [-0.39, 0.29) is 5.88 Å². The van der Waals surface area contributed by atoms with E-state index in [2.05, 4.69) is 10.1 Å². The second-order valence-corrected chi connectivity index (χ2v) is 2.49. The van der Waals surface area contributed by atoms with Crippen molar-refractivity contribution in [3.8, 4) is 5.88 Å². The van der Waals surface area contributed by atoms with Gasteiger partial charge in [0.25, 0.3) is 0 Å². The molecule has 4 nitrogen and oxygen atoms in total. The van der Waals surface area contributed by atoms with Gasteiger partial charge in [0.15, 0.2) is 0 Å². The van der Waals surface area contributed by atoms with Gasteiger partial charge in [-0.05, 0) is 18.6 Å². The number of aromatic nitrogens is 3. The van der Waals surface area contributed by atoms with Crippen LogP contribution in [0.3, 0.4) is 0 Å². The van der Waals surface area contributed by atoms with Gasteiger partial charge < -0.3 is 5.11 Å². The molecule has 5 heteroatoms. The third-order valence-electron chi connectivity index (χ3n) is 1.68. The van der Waals surface area contributed by atoms with Crippen molar-refractivity contribution in [1.82, 2.24) is 14.6 Å². The van der Waals surface area contributed by atoms with Crippen molar-refractivity contribution < 1.29 is 9.50 Å². The zero-order chi connectivity index (χ0) is 8.72. The van der Waals surface area contributed by atoms with Crippen LogP contribution in [0.1, 0.15) is 5.56 Å². The molecule has 2 rings (SSSR count). The second-order valence-electron chi connectivity index (χ2n) is 2.49. The fraction of sp³-hybridized carbons (Fsp3) is 0.143. The summed E-state index contributed by atoms with van der Waals surface area (Å²) in [5.41, 5.74) is 0.931. The summed E-state index contributed by atoms with van der Waals surface area (Å²) >= 11 is 0. The Hall–Kier alpha value is -1.65. The van der Waals surface area contributed by atoms with Crippen molar-refractivity contribution in [1.29, 1.82) is 0 Å². The van der Waals surface area contributed by atoms with E-state index in [0.717, 1.165) is 10.8 Å². The molecule has 0 amide bonds. The quantitative estimate of drug-likeness (QED) is 0.633. The summed E-state index contributed by atoms with van der Waals surface area (Å²) in [6.07, 6.45) is 1.10. The van der Waals surface area contributed by atoms with Gasteiger partial charge in [0.1, 0.15) is 11.8 Å². The lowest BCUT2D eigenvalue weighted by Crippen LogP contribution is -1.94. The molecular weight excluding hydrogens is 161 g/mol. The van der Waals surface area contributed by atoms with Crippen LogP contribution < -0.4 is 0 Å². The van der Waals surface area contributed by atoms with Gasteiger partial charge in [-0.2, -0.15) is 19.0 Å². The average Bonchev–Trinajstić information content (AvgIpc) is 2.29. The summed E-state index contributed by atoms with van der Waals surface area (Å²) in [4.78, 5) is 3.54. The molecule has 1 N–H and O–H groups in total. The molecule has 0 fully saturated rings. The van der Waals surface area contributed by atoms with Gasteiger partial charge in [0, 0.05) is 0 Å². The SMILES string of the molecule is Cc1cc(F)n2ncnc(O)c12. The number of halogens is 1. The highest BCUT2D eigenvalue weighted by Gasteiger charge is 2.10. The van der Waals surface area contributed by atoms with Gasteiger partial charge in [-0.25, -0.2) is 0 Å². The molecule has 2 aromatic rings. The Morgan fingerprint density at radius 3 is 3.00 bits per heavy atom. The highest BCUT2D eigenvalue weighted by molar-refractivity contribution is 5.61. The summed E-state index contributed by atoms with van der Waals surface area (Å²) in [5.74, 6) is -0.702. The lowest BCUT2D eigenvalue weighted by Gasteiger charge is -1.95. The van der Waals surface area contributed by atoms with Crippen LogP contribution in [0.2, 0.25) is 0 Å². The van der Waals surface area contributed by atoms with Crippen molar-refractivity contribution in [3.63, 3.8) is 0 Å². The summed E-state index contributed by atoms with van der Waals surface area (Å²) < 4.78 is 14.0. The largest absolute Gasteiger partial charge is 0.492 e. The summed E-state index contributed by atoms with van der Waals surface area (Å²) in [7, 11) is 0. The third kappa shape index (κ3) is 0.761. The first-order valence-electron chi connectivity index (χ1n) is 3.38. The second kappa shape index (κ2) is 2.17. The van der Waals surface area contributed by atoms with Crippen LogP contribution in [0.25, 0.3) is 5.52 Å². The Labute approximate surface area is 67.3 Å². The topological polar surface area (TPSA) is 50.4 Å². The van der Waals surface area contributed by atoms with Gasteiger partial charge in [-0.3, -0.25) is 0 Å². The van der Waals surface area contributed by atoms with Crippen LogP contribution >= 0.6 is 0 Å². The molecule has 0 spiro atoms. The van der Waals surface area contributed by atoms with E-state index in [4.69, 9.17) is 0 Å². The first-order chi connectivity index (χ1) is 5.70. The molecule has 0 saturated carbocycles. The minimum Gasteiger partial charge on any atom is -0.492 e. The number of hydrogen-bond donors (Lipinski definition) is 1. The normalized spacial score (nSPS) is 10.8. The van der Waals surface area contributed by atoms with Crippen molar-refractivity contribution in [2.75, 3.05) is 0 Å². The summed E-state index contributed by atoms with van der Waals surface area (Å²) in [6.45, 7) is 1.68. The molecule has 0 bridgehead atoms. The van der Waals surface area contributed by atoms with E-state index >= 15 is 0 Å². The average molecular weight is 167 g/mol. The van der Waals surface area contributed by atoms with Gasteiger partial charge >= 0.3 is 0 Å². The van der Waals surface area contributed by atoms with E-state index in [1.165, 1.54) is 6.07 Å². The Bertz CT molecular complexity index is 437. The Morgan fingerprint density at radius 2 is 2.33 bits per heavy atom. The number of fused-ring (bicyclic) bond motifs is 1. The van der Waals surface area contributed by atoms with Crippen LogP contribution in [0.15, 0.2) is 12.4 Å². The first-order valence-corrected chi connectivity index (χ1v) is 3.38. The number of aryl methyl sites for hydroxylation is 1. The van der Waals surface area contributed by atoms with E-state index in [0.29, 0.717) is 11.1 Å². The lowest BCUT2D eigenvalue weighted by molar-refractivity contribution is 0.448. The van der Waals surface area contributed by atoms with Crippen molar-refractivity contribution in [2.24, 2.45) is 0 Å². The van der Waals surface area contributed by atoms with E-state index in [1.807, 2.05) is 0 Å². The van der Waals surface area contributed by atoms with Crippen molar-refractivity contribution in [2.45, 2.75) is 6.92 Å². The molecule has 0 unspecified atom stereocenters. The minimum absolute atomic E-state index is 0.202. The molecule has 12 heavy (non-hydrogen) atoms. The highest BCUT2D eigenvalue weighted by atomic mass is 19.1. The van der Waals surface area contributed by atoms with Crippen molar-refractivity contribution >= 4 is 5.52 Å². The maximum absolute atomic E-state index is 12.9. The van der Waals surface area contributed by atoms with E-state index in [1.54, 1.807) is 6.92 Å². The monoisotopic (exact) mass is 167 g/mol. The van der Waals surface area contributed by atoms with Crippen molar-refractivity contribution in [3.05, 3.63) is 23.9 Å². The highest BCUT2D eigenvalue weighted by Crippen LogP contribution is 2.20. The van der Waals surface area contributed by atoms with Crippen LogP contribution in [0, 0.1) is 12.9 Å². The van der Waals surface area contributed by atoms with Gasteiger partial charge in [-0.15, -0.1) is 0 Å². The molecular formula is C7H6FN3O. The first kappa shape index (κ1) is 7.02. The third-order valence-corrected chi connectivity index (χ3v) is 1.68. The molecule has 0 saturated heterocycles. The maximum atomic E-state index is 12.9. The predicted octanol–water partition coefficient (Wildman–Crippen LogP) is 0.882.